The van der Waals surface area contributed by atoms with Crippen LogP contribution in [0.2, 0.25) is 0 Å². The van der Waals surface area contributed by atoms with Crippen LogP contribution in [0.25, 0.3) is 0 Å². The number of rotatable bonds is 5. The van der Waals surface area contributed by atoms with Gasteiger partial charge in [-0.1, -0.05) is 30.3 Å². The molecule has 1 aromatic carbocycles. The first-order valence-electron chi connectivity index (χ1n) is 4.79. The van der Waals surface area contributed by atoms with Crippen LogP contribution in [0.1, 0.15) is 12.5 Å². The predicted octanol–water partition coefficient (Wildman–Crippen LogP) is 0.610. The lowest BCUT2D eigenvalue weighted by molar-refractivity contribution is -0.142. The standard InChI is InChI=1S/C11H15NO3/c1-8(13)10(11(14)15)12-7-9-5-3-2-4-6-9/h2-6,8,10,12-13H,7H2,1H3,(H,14,15)/t8-,10+/m0/s1. The molecule has 0 aliphatic carbocycles. The molecule has 0 saturated heterocycles. The van der Waals surface area contributed by atoms with Crippen molar-refractivity contribution in [1.29, 1.82) is 0 Å². The largest absolute Gasteiger partial charge is 0.480 e. The second-order valence-corrected chi connectivity index (χ2v) is 3.42. The Morgan fingerprint density at radius 1 is 1.40 bits per heavy atom. The van der Waals surface area contributed by atoms with Crippen molar-refractivity contribution in [2.75, 3.05) is 0 Å². The lowest BCUT2D eigenvalue weighted by atomic mass is 10.1. The van der Waals surface area contributed by atoms with Crippen LogP contribution >= 0.6 is 0 Å². The Labute approximate surface area is 88.6 Å². The summed E-state index contributed by atoms with van der Waals surface area (Å²) in [6.45, 7) is 1.89. The van der Waals surface area contributed by atoms with E-state index < -0.39 is 18.1 Å². The molecule has 0 unspecified atom stereocenters. The third-order valence-corrected chi connectivity index (χ3v) is 2.12. The van der Waals surface area contributed by atoms with E-state index in [9.17, 15) is 9.90 Å². The Morgan fingerprint density at radius 3 is 2.47 bits per heavy atom. The zero-order valence-electron chi connectivity index (χ0n) is 8.55. The minimum Gasteiger partial charge on any atom is -0.480 e. The maximum Gasteiger partial charge on any atom is 0.323 e. The minimum absolute atomic E-state index is 0.433. The molecule has 0 spiro atoms. The Bertz CT molecular complexity index is 311. The molecule has 0 saturated carbocycles. The smallest absolute Gasteiger partial charge is 0.323 e. The van der Waals surface area contributed by atoms with Crippen molar-refractivity contribution >= 4 is 5.97 Å². The third-order valence-electron chi connectivity index (χ3n) is 2.12. The molecule has 0 aliphatic rings. The van der Waals surface area contributed by atoms with Gasteiger partial charge in [-0.05, 0) is 12.5 Å². The van der Waals surface area contributed by atoms with Crippen molar-refractivity contribution in [3.8, 4) is 0 Å². The van der Waals surface area contributed by atoms with Gasteiger partial charge in [0.15, 0.2) is 0 Å². The molecular weight excluding hydrogens is 194 g/mol. The molecule has 0 fully saturated rings. The molecule has 15 heavy (non-hydrogen) atoms. The molecule has 4 heteroatoms. The molecule has 3 N–H and O–H groups in total. The van der Waals surface area contributed by atoms with Crippen molar-refractivity contribution in [2.45, 2.75) is 25.6 Å². The first-order valence-corrected chi connectivity index (χ1v) is 4.79. The van der Waals surface area contributed by atoms with Gasteiger partial charge < -0.3 is 10.2 Å². The number of hydrogen-bond donors (Lipinski definition) is 3. The molecule has 0 aromatic heterocycles. The molecule has 1 aromatic rings. The summed E-state index contributed by atoms with van der Waals surface area (Å²) in [5.74, 6) is -1.04. The Kier molecular flexibility index (Phi) is 4.27. The van der Waals surface area contributed by atoms with Gasteiger partial charge in [-0.2, -0.15) is 0 Å². The fourth-order valence-corrected chi connectivity index (χ4v) is 1.29. The molecule has 82 valence electrons. The van der Waals surface area contributed by atoms with E-state index in [-0.39, 0.29) is 0 Å². The molecule has 1 rings (SSSR count). The molecule has 2 atom stereocenters. The minimum atomic E-state index is -1.04. The highest BCUT2D eigenvalue weighted by Gasteiger charge is 2.21. The Morgan fingerprint density at radius 2 is 2.00 bits per heavy atom. The van der Waals surface area contributed by atoms with Crippen molar-refractivity contribution < 1.29 is 15.0 Å². The lowest BCUT2D eigenvalue weighted by Crippen LogP contribution is -2.44. The summed E-state index contributed by atoms with van der Waals surface area (Å²) in [4.78, 5) is 10.7. The number of aliphatic carboxylic acids is 1. The third kappa shape index (κ3) is 3.69. The maximum absolute atomic E-state index is 10.7. The lowest BCUT2D eigenvalue weighted by Gasteiger charge is -2.16. The Hall–Kier alpha value is -1.39. The van der Waals surface area contributed by atoms with Crippen LogP contribution in [0.4, 0.5) is 0 Å². The van der Waals surface area contributed by atoms with Crippen LogP contribution in [-0.4, -0.2) is 28.3 Å². The van der Waals surface area contributed by atoms with E-state index in [1.54, 1.807) is 0 Å². The second kappa shape index (κ2) is 5.48. The van der Waals surface area contributed by atoms with E-state index in [0.717, 1.165) is 5.56 Å². The number of aliphatic hydroxyl groups excluding tert-OH is 1. The van der Waals surface area contributed by atoms with E-state index in [1.165, 1.54) is 6.92 Å². The number of carbonyl (C=O) groups is 1. The normalized spacial score (nSPS) is 14.5. The Balaban J connectivity index is 2.51. The van der Waals surface area contributed by atoms with E-state index in [4.69, 9.17) is 5.11 Å². The van der Waals surface area contributed by atoms with Crippen molar-refractivity contribution in [2.24, 2.45) is 0 Å². The molecule has 0 amide bonds. The van der Waals surface area contributed by atoms with Gasteiger partial charge >= 0.3 is 5.97 Å². The monoisotopic (exact) mass is 209 g/mol. The van der Waals surface area contributed by atoms with Gasteiger partial charge in [0.05, 0.1) is 6.10 Å². The van der Waals surface area contributed by atoms with Crippen LogP contribution in [0, 0.1) is 0 Å². The molecule has 4 nitrogen and oxygen atoms in total. The van der Waals surface area contributed by atoms with Gasteiger partial charge in [-0.25, -0.2) is 0 Å². The molecule has 0 heterocycles. The van der Waals surface area contributed by atoms with Gasteiger partial charge in [0, 0.05) is 6.54 Å². The summed E-state index contributed by atoms with van der Waals surface area (Å²) in [6.07, 6.45) is -0.911. The highest BCUT2D eigenvalue weighted by Crippen LogP contribution is 2.00. The summed E-state index contributed by atoms with van der Waals surface area (Å²) in [6, 6.07) is 8.53. The zero-order chi connectivity index (χ0) is 11.3. The van der Waals surface area contributed by atoms with Crippen molar-refractivity contribution in [3.63, 3.8) is 0 Å². The van der Waals surface area contributed by atoms with Gasteiger partial charge in [0.2, 0.25) is 0 Å². The topological polar surface area (TPSA) is 69.6 Å². The number of carboxylic acid groups (broad SMARTS) is 1. The average molecular weight is 209 g/mol. The summed E-state index contributed by atoms with van der Waals surface area (Å²) >= 11 is 0. The van der Waals surface area contributed by atoms with Gasteiger partial charge in [-0.3, -0.25) is 10.1 Å². The summed E-state index contributed by atoms with van der Waals surface area (Å²) in [5.41, 5.74) is 0.990. The van der Waals surface area contributed by atoms with Crippen LogP contribution in [0.5, 0.6) is 0 Å². The van der Waals surface area contributed by atoms with Gasteiger partial charge in [0.1, 0.15) is 6.04 Å². The first-order chi connectivity index (χ1) is 7.11. The highest BCUT2D eigenvalue weighted by atomic mass is 16.4. The van der Waals surface area contributed by atoms with Gasteiger partial charge in [0.25, 0.3) is 0 Å². The number of carboxylic acids is 1. The SMILES string of the molecule is C[C@H](O)[C@@H](NCc1ccccc1)C(=O)O. The zero-order valence-corrected chi connectivity index (χ0v) is 8.55. The van der Waals surface area contributed by atoms with E-state index in [0.29, 0.717) is 6.54 Å². The summed E-state index contributed by atoms with van der Waals surface area (Å²) < 4.78 is 0. The van der Waals surface area contributed by atoms with E-state index in [1.807, 2.05) is 30.3 Å². The molecular formula is C11H15NO3. The second-order valence-electron chi connectivity index (χ2n) is 3.42. The van der Waals surface area contributed by atoms with Crippen LogP contribution in [0.3, 0.4) is 0 Å². The molecule has 0 bridgehead atoms. The molecule has 0 aliphatic heterocycles. The molecule has 0 radical (unpaired) electrons. The van der Waals surface area contributed by atoms with Crippen LogP contribution in [0.15, 0.2) is 30.3 Å². The summed E-state index contributed by atoms with van der Waals surface area (Å²) in [7, 11) is 0. The van der Waals surface area contributed by atoms with E-state index >= 15 is 0 Å². The average Bonchev–Trinajstić information content (AvgIpc) is 2.18. The first kappa shape index (κ1) is 11.7. The quantitative estimate of drug-likeness (QED) is 0.664. The number of aliphatic hydroxyl groups is 1. The maximum atomic E-state index is 10.7. The highest BCUT2D eigenvalue weighted by molar-refractivity contribution is 5.74. The van der Waals surface area contributed by atoms with E-state index in [2.05, 4.69) is 5.32 Å². The fraction of sp³-hybridized carbons (Fsp3) is 0.364. The van der Waals surface area contributed by atoms with Crippen molar-refractivity contribution in [1.82, 2.24) is 5.32 Å². The predicted molar refractivity (Wildman–Crippen MR) is 56.4 cm³/mol. The fourth-order valence-electron chi connectivity index (χ4n) is 1.29. The van der Waals surface area contributed by atoms with Crippen LogP contribution in [-0.2, 0) is 11.3 Å². The number of nitrogens with one attached hydrogen (secondary N) is 1. The van der Waals surface area contributed by atoms with Crippen molar-refractivity contribution in [3.05, 3.63) is 35.9 Å². The van der Waals surface area contributed by atoms with Gasteiger partial charge in [-0.15, -0.1) is 0 Å². The number of benzene rings is 1. The summed E-state index contributed by atoms with van der Waals surface area (Å²) in [5, 5.41) is 20.8. The van der Waals surface area contributed by atoms with Crippen LogP contribution < -0.4 is 5.32 Å². The number of hydrogen-bond acceptors (Lipinski definition) is 3.